The Kier molecular flexibility index (Phi) is 5.09. The molecule has 1 heterocycles. The van der Waals surface area contributed by atoms with Gasteiger partial charge in [-0.2, -0.15) is 0 Å². The molecule has 1 fully saturated rings. The highest BCUT2D eigenvalue weighted by atomic mass is 32.2. The molecule has 1 aromatic carbocycles. The second kappa shape index (κ2) is 6.38. The standard InChI is InChI=1S/C17H27NO2SSi/c1-12(20-22(5,6)17(2,3)4)14-15(19)18-16(14)21-13-10-8-7-9-11-13/h7-12,14,16H,1-6H3,(H,18,19)/t12-,14-,16-/m0/s1. The van der Waals surface area contributed by atoms with Crippen molar-refractivity contribution in [3.05, 3.63) is 30.3 Å². The Morgan fingerprint density at radius 3 is 2.32 bits per heavy atom. The summed E-state index contributed by atoms with van der Waals surface area (Å²) in [5, 5.41) is 3.27. The minimum absolute atomic E-state index is 0.0455. The third kappa shape index (κ3) is 3.75. The smallest absolute Gasteiger partial charge is 0.229 e. The molecule has 1 aliphatic rings. The molecule has 5 heteroatoms. The van der Waals surface area contributed by atoms with E-state index in [1.54, 1.807) is 11.8 Å². The first kappa shape index (κ1) is 17.6. The summed E-state index contributed by atoms with van der Waals surface area (Å²) in [7, 11) is -1.85. The molecule has 1 amide bonds. The third-order valence-electron chi connectivity index (χ3n) is 4.71. The molecular formula is C17H27NO2SSi. The second-order valence-corrected chi connectivity index (χ2v) is 13.4. The van der Waals surface area contributed by atoms with E-state index in [1.165, 1.54) is 4.90 Å². The van der Waals surface area contributed by atoms with Gasteiger partial charge in [0, 0.05) is 4.90 Å². The van der Waals surface area contributed by atoms with Crippen LogP contribution in [0.3, 0.4) is 0 Å². The van der Waals surface area contributed by atoms with Crippen molar-refractivity contribution < 1.29 is 9.22 Å². The van der Waals surface area contributed by atoms with Gasteiger partial charge in [0.2, 0.25) is 5.91 Å². The Hall–Kier alpha value is -0.783. The third-order valence-corrected chi connectivity index (χ3v) is 10.5. The zero-order chi connectivity index (χ0) is 16.5. The average Bonchev–Trinajstić information content (AvgIpc) is 2.36. The molecule has 122 valence electrons. The number of β-lactam (4-membered cyclic amide) rings is 1. The van der Waals surface area contributed by atoms with E-state index in [9.17, 15) is 4.79 Å². The number of carbonyl (C=O) groups excluding carboxylic acids is 1. The quantitative estimate of drug-likeness (QED) is 0.644. The van der Waals surface area contributed by atoms with E-state index in [4.69, 9.17) is 4.43 Å². The van der Waals surface area contributed by atoms with Crippen LogP contribution in [0.2, 0.25) is 18.1 Å². The molecule has 1 aliphatic heterocycles. The SMILES string of the molecule is C[C@H](O[Si](C)(C)C(C)(C)C)[C@H]1C(=O)N[C@H]1Sc1ccccc1. The van der Waals surface area contributed by atoms with Crippen molar-refractivity contribution >= 4 is 26.0 Å². The summed E-state index contributed by atoms with van der Waals surface area (Å²) in [6.45, 7) is 13.2. The highest BCUT2D eigenvalue weighted by Gasteiger charge is 2.47. The Labute approximate surface area is 139 Å². The fraction of sp³-hybridized carbons (Fsp3) is 0.588. The van der Waals surface area contributed by atoms with E-state index in [0.29, 0.717) is 0 Å². The van der Waals surface area contributed by atoms with Crippen molar-refractivity contribution in [1.29, 1.82) is 0 Å². The molecule has 3 nitrogen and oxygen atoms in total. The summed E-state index contributed by atoms with van der Waals surface area (Å²) in [6.07, 6.45) is -0.0455. The number of amides is 1. The number of nitrogens with one attached hydrogen (secondary N) is 1. The number of rotatable bonds is 5. The maximum Gasteiger partial charge on any atom is 0.229 e. The van der Waals surface area contributed by atoms with Gasteiger partial charge in [0.15, 0.2) is 8.32 Å². The molecule has 0 aromatic heterocycles. The lowest BCUT2D eigenvalue weighted by atomic mass is 9.96. The first-order chi connectivity index (χ1) is 10.1. The number of hydrogen-bond donors (Lipinski definition) is 1. The Balaban J connectivity index is 2.02. The van der Waals surface area contributed by atoms with Gasteiger partial charge >= 0.3 is 0 Å². The van der Waals surface area contributed by atoms with E-state index in [-0.39, 0.29) is 28.3 Å². The maximum absolute atomic E-state index is 12.0. The van der Waals surface area contributed by atoms with Crippen LogP contribution in [0.15, 0.2) is 35.2 Å². The highest BCUT2D eigenvalue weighted by molar-refractivity contribution is 8.00. The summed E-state index contributed by atoms with van der Waals surface area (Å²) in [5.74, 6) is 0.0407. The summed E-state index contributed by atoms with van der Waals surface area (Å²) in [6, 6.07) is 10.2. The Morgan fingerprint density at radius 2 is 1.82 bits per heavy atom. The van der Waals surface area contributed by atoms with Crippen LogP contribution in [0.5, 0.6) is 0 Å². The predicted molar refractivity (Wildman–Crippen MR) is 95.5 cm³/mol. The number of thioether (sulfide) groups is 1. The Morgan fingerprint density at radius 1 is 1.23 bits per heavy atom. The molecule has 3 atom stereocenters. The van der Waals surface area contributed by atoms with Crippen molar-refractivity contribution in [2.24, 2.45) is 5.92 Å². The van der Waals surface area contributed by atoms with Gasteiger partial charge in [-0.15, -0.1) is 11.8 Å². The van der Waals surface area contributed by atoms with Crippen molar-refractivity contribution in [3.8, 4) is 0 Å². The summed E-state index contributed by atoms with van der Waals surface area (Å²) >= 11 is 1.71. The van der Waals surface area contributed by atoms with E-state index in [0.717, 1.165) is 0 Å². The molecule has 1 N–H and O–H groups in total. The average molecular weight is 338 g/mol. The van der Waals surface area contributed by atoms with Crippen molar-refractivity contribution in [2.45, 2.75) is 62.2 Å². The molecule has 0 saturated carbocycles. The molecular weight excluding hydrogens is 310 g/mol. The normalized spacial score (nSPS) is 23.6. The van der Waals surface area contributed by atoms with Gasteiger partial charge in [-0.25, -0.2) is 0 Å². The number of carbonyl (C=O) groups is 1. The van der Waals surface area contributed by atoms with Gasteiger partial charge in [-0.1, -0.05) is 39.0 Å². The molecule has 0 radical (unpaired) electrons. The van der Waals surface area contributed by atoms with Gasteiger partial charge in [0.1, 0.15) is 0 Å². The highest BCUT2D eigenvalue weighted by Crippen LogP contribution is 2.40. The van der Waals surface area contributed by atoms with Crippen molar-refractivity contribution in [2.75, 3.05) is 0 Å². The molecule has 2 rings (SSSR count). The summed E-state index contributed by atoms with van der Waals surface area (Å²) in [4.78, 5) is 13.2. The van der Waals surface area contributed by atoms with Crippen molar-refractivity contribution in [3.63, 3.8) is 0 Å². The monoisotopic (exact) mass is 337 g/mol. The van der Waals surface area contributed by atoms with Gasteiger partial charge in [-0.3, -0.25) is 4.79 Å². The second-order valence-electron chi connectivity index (χ2n) is 7.47. The van der Waals surface area contributed by atoms with Crippen LogP contribution in [0, 0.1) is 5.92 Å². The van der Waals surface area contributed by atoms with Crippen LogP contribution in [0.4, 0.5) is 0 Å². The van der Waals surface area contributed by atoms with Crippen LogP contribution in [-0.2, 0) is 9.22 Å². The summed E-state index contributed by atoms with van der Waals surface area (Å²) in [5.41, 5.74) is 0. The van der Waals surface area contributed by atoms with Crippen molar-refractivity contribution in [1.82, 2.24) is 5.32 Å². The molecule has 0 spiro atoms. The zero-order valence-corrected chi connectivity index (χ0v) is 16.2. The van der Waals surface area contributed by atoms with E-state index in [2.05, 4.69) is 51.3 Å². The van der Waals surface area contributed by atoms with E-state index < -0.39 is 8.32 Å². The molecule has 0 unspecified atom stereocenters. The molecule has 0 aliphatic carbocycles. The van der Waals surface area contributed by atoms with Gasteiger partial charge in [0.25, 0.3) is 0 Å². The first-order valence-electron chi connectivity index (χ1n) is 7.82. The minimum Gasteiger partial charge on any atom is -0.413 e. The van der Waals surface area contributed by atoms with Crippen LogP contribution < -0.4 is 5.32 Å². The maximum atomic E-state index is 12.0. The Bertz CT molecular complexity index is 527. The lowest BCUT2D eigenvalue weighted by Gasteiger charge is -2.45. The molecule has 0 bridgehead atoms. The largest absolute Gasteiger partial charge is 0.413 e. The number of benzene rings is 1. The van der Waals surface area contributed by atoms with Crippen LogP contribution >= 0.6 is 11.8 Å². The minimum atomic E-state index is -1.85. The van der Waals surface area contributed by atoms with Crippen LogP contribution in [-0.4, -0.2) is 25.7 Å². The van der Waals surface area contributed by atoms with Crippen LogP contribution in [0.25, 0.3) is 0 Å². The topological polar surface area (TPSA) is 38.3 Å². The summed E-state index contributed by atoms with van der Waals surface area (Å²) < 4.78 is 6.41. The van der Waals surface area contributed by atoms with Gasteiger partial charge in [0.05, 0.1) is 17.4 Å². The lowest BCUT2D eigenvalue weighted by molar-refractivity contribution is -0.136. The fourth-order valence-corrected chi connectivity index (χ4v) is 4.99. The molecule has 22 heavy (non-hydrogen) atoms. The van der Waals surface area contributed by atoms with E-state index in [1.807, 2.05) is 25.1 Å². The predicted octanol–water partition coefficient (Wildman–Crippen LogP) is 4.26. The number of hydrogen-bond acceptors (Lipinski definition) is 3. The van der Waals surface area contributed by atoms with Gasteiger partial charge < -0.3 is 9.74 Å². The van der Waals surface area contributed by atoms with Gasteiger partial charge in [-0.05, 0) is 37.2 Å². The fourth-order valence-electron chi connectivity index (χ4n) is 2.29. The van der Waals surface area contributed by atoms with E-state index >= 15 is 0 Å². The zero-order valence-electron chi connectivity index (χ0n) is 14.3. The molecule has 1 aromatic rings. The first-order valence-corrected chi connectivity index (χ1v) is 11.6. The molecule has 1 saturated heterocycles. The lowest BCUT2D eigenvalue weighted by Crippen LogP contribution is -2.62. The van der Waals surface area contributed by atoms with Crippen LogP contribution in [0.1, 0.15) is 27.7 Å².